The van der Waals surface area contributed by atoms with Crippen molar-refractivity contribution in [1.82, 2.24) is 10.2 Å². The summed E-state index contributed by atoms with van der Waals surface area (Å²) in [5.74, 6) is -0.625. The van der Waals surface area contributed by atoms with Crippen molar-refractivity contribution in [2.24, 2.45) is 0 Å². The summed E-state index contributed by atoms with van der Waals surface area (Å²) in [6.07, 6.45) is -1.65. The van der Waals surface area contributed by atoms with Gasteiger partial charge in [-0.25, -0.2) is 0 Å². The third kappa shape index (κ3) is 3.46. The van der Waals surface area contributed by atoms with Crippen molar-refractivity contribution < 1.29 is 22.8 Å². The van der Waals surface area contributed by atoms with Gasteiger partial charge in [0.15, 0.2) is 0 Å². The van der Waals surface area contributed by atoms with Crippen molar-refractivity contribution in [3.05, 3.63) is 0 Å². The first kappa shape index (κ1) is 14.3. The molecule has 2 amide bonds. The monoisotopic (exact) mass is 278 g/mol. The number of hydrogen-bond acceptors (Lipinski definition) is 3. The molecule has 1 aliphatic heterocycles. The average Bonchev–Trinajstić information content (AvgIpc) is 2.87. The zero-order chi connectivity index (χ0) is 14.0. The van der Waals surface area contributed by atoms with E-state index in [1.54, 1.807) is 0 Å². The van der Waals surface area contributed by atoms with E-state index >= 15 is 0 Å². The van der Waals surface area contributed by atoms with Gasteiger partial charge in [0.05, 0.1) is 18.9 Å². The molecular formula is C12H17F3N2O2. The SMILES string of the molecule is O=C1CC(NCCC(F)(F)F)C(=O)N1C1CCCC1. The van der Waals surface area contributed by atoms with Crippen LogP contribution in [0.4, 0.5) is 13.2 Å². The van der Waals surface area contributed by atoms with E-state index in [1.165, 1.54) is 4.90 Å². The Bertz CT molecular complexity index is 364. The molecule has 0 aromatic carbocycles. The van der Waals surface area contributed by atoms with Gasteiger partial charge in [0.25, 0.3) is 0 Å². The summed E-state index contributed by atoms with van der Waals surface area (Å²) in [7, 11) is 0. The van der Waals surface area contributed by atoms with Gasteiger partial charge in [0.1, 0.15) is 0 Å². The molecule has 0 aromatic heterocycles. The highest BCUT2D eigenvalue weighted by molar-refractivity contribution is 6.05. The van der Waals surface area contributed by atoms with Crippen LogP contribution in [0.15, 0.2) is 0 Å². The fourth-order valence-corrected chi connectivity index (χ4v) is 2.74. The van der Waals surface area contributed by atoms with Crippen molar-refractivity contribution in [2.75, 3.05) is 6.54 Å². The Morgan fingerprint density at radius 3 is 2.42 bits per heavy atom. The second kappa shape index (κ2) is 5.48. The third-order valence-electron chi connectivity index (χ3n) is 3.67. The number of imide groups is 1. The quantitative estimate of drug-likeness (QED) is 0.795. The topological polar surface area (TPSA) is 49.4 Å². The fraction of sp³-hybridized carbons (Fsp3) is 0.833. The molecule has 1 heterocycles. The molecule has 2 aliphatic rings. The Balaban J connectivity index is 1.87. The Morgan fingerprint density at radius 1 is 1.21 bits per heavy atom. The molecule has 0 aromatic rings. The molecule has 0 spiro atoms. The highest BCUT2D eigenvalue weighted by Gasteiger charge is 2.43. The van der Waals surface area contributed by atoms with Gasteiger partial charge >= 0.3 is 6.18 Å². The second-order valence-corrected chi connectivity index (χ2v) is 5.12. The first-order valence-electron chi connectivity index (χ1n) is 6.54. The summed E-state index contributed by atoms with van der Waals surface area (Å²) in [6.45, 7) is -0.328. The van der Waals surface area contributed by atoms with Crippen LogP contribution in [0.5, 0.6) is 0 Å². The van der Waals surface area contributed by atoms with Crippen LogP contribution < -0.4 is 5.32 Å². The molecule has 1 N–H and O–H groups in total. The number of carbonyl (C=O) groups excluding carboxylic acids is 2. The van der Waals surface area contributed by atoms with Gasteiger partial charge in [-0.15, -0.1) is 0 Å². The van der Waals surface area contributed by atoms with Crippen molar-refractivity contribution in [3.63, 3.8) is 0 Å². The Hall–Kier alpha value is -1.11. The largest absolute Gasteiger partial charge is 0.390 e. The highest BCUT2D eigenvalue weighted by Crippen LogP contribution is 2.28. The van der Waals surface area contributed by atoms with Gasteiger partial charge in [-0.05, 0) is 12.8 Å². The molecule has 1 saturated carbocycles. The molecule has 7 heteroatoms. The van der Waals surface area contributed by atoms with Crippen LogP contribution in [0, 0.1) is 0 Å². The van der Waals surface area contributed by atoms with Gasteiger partial charge in [-0.2, -0.15) is 13.2 Å². The molecule has 1 saturated heterocycles. The lowest BCUT2D eigenvalue weighted by molar-refractivity contribution is -0.142. The van der Waals surface area contributed by atoms with E-state index in [2.05, 4.69) is 5.32 Å². The molecule has 4 nitrogen and oxygen atoms in total. The van der Waals surface area contributed by atoms with Crippen molar-refractivity contribution in [1.29, 1.82) is 0 Å². The molecule has 2 fully saturated rings. The van der Waals surface area contributed by atoms with Crippen LogP contribution in [-0.2, 0) is 9.59 Å². The first-order valence-corrected chi connectivity index (χ1v) is 6.54. The van der Waals surface area contributed by atoms with Crippen LogP contribution >= 0.6 is 0 Å². The van der Waals surface area contributed by atoms with Crippen molar-refractivity contribution in [2.45, 2.75) is 56.8 Å². The lowest BCUT2D eigenvalue weighted by Gasteiger charge is -2.22. The van der Waals surface area contributed by atoms with Gasteiger partial charge < -0.3 is 5.32 Å². The maximum absolute atomic E-state index is 12.0. The molecule has 0 bridgehead atoms. The average molecular weight is 278 g/mol. The molecular weight excluding hydrogens is 261 g/mol. The minimum absolute atomic E-state index is 0.0206. The van der Waals surface area contributed by atoms with Crippen molar-refractivity contribution in [3.8, 4) is 0 Å². The predicted octanol–water partition coefficient (Wildman–Crippen LogP) is 1.60. The molecule has 1 atom stereocenters. The van der Waals surface area contributed by atoms with E-state index in [0.29, 0.717) is 0 Å². The third-order valence-corrected chi connectivity index (χ3v) is 3.67. The zero-order valence-electron chi connectivity index (χ0n) is 10.5. The van der Waals surface area contributed by atoms with E-state index in [0.717, 1.165) is 25.7 Å². The summed E-state index contributed by atoms with van der Waals surface area (Å²) in [5, 5.41) is 2.54. The lowest BCUT2D eigenvalue weighted by atomic mass is 10.2. The van der Waals surface area contributed by atoms with E-state index in [4.69, 9.17) is 0 Å². The molecule has 19 heavy (non-hydrogen) atoms. The smallest absolute Gasteiger partial charge is 0.305 e. The van der Waals surface area contributed by atoms with E-state index in [-0.39, 0.29) is 30.8 Å². The zero-order valence-corrected chi connectivity index (χ0v) is 10.5. The molecule has 1 unspecified atom stereocenters. The summed E-state index contributed by atoms with van der Waals surface area (Å²) < 4.78 is 36.1. The number of rotatable bonds is 4. The van der Waals surface area contributed by atoms with Gasteiger partial charge in [0.2, 0.25) is 11.8 Å². The first-order chi connectivity index (χ1) is 8.88. The number of nitrogens with zero attached hydrogens (tertiary/aromatic N) is 1. The number of nitrogens with one attached hydrogen (secondary N) is 1. The van der Waals surface area contributed by atoms with E-state index < -0.39 is 18.6 Å². The van der Waals surface area contributed by atoms with Crippen LogP contribution in [0.2, 0.25) is 0 Å². The molecule has 108 valence electrons. The van der Waals surface area contributed by atoms with Gasteiger partial charge in [-0.1, -0.05) is 12.8 Å². The standard InChI is InChI=1S/C12H17F3N2O2/c13-12(14,15)5-6-16-9-7-10(18)17(11(9)19)8-3-1-2-4-8/h8-9,16H,1-7H2. The van der Waals surface area contributed by atoms with Crippen molar-refractivity contribution >= 4 is 11.8 Å². The Morgan fingerprint density at radius 2 is 1.84 bits per heavy atom. The van der Waals surface area contributed by atoms with Gasteiger partial charge in [-0.3, -0.25) is 14.5 Å². The number of hydrogen-bond donors (Lipinski definition) is 1. The van der Waals surface area contributed by atoms with E-state index in [9.17, 15) is 22.8 Å². The highest BCUT2D eigenvalue weighted by atomic mass is 19.4. The number of halogens is 3. The minimum atomic E-state index is -4.25. The van der Waals surface area contributed by atoms with Crippen LogP contribution in [-0.4, -0.2) is 41.5 Å². The fourth-order valence-electron chi connectivity index (χ4n) is 2.74. The maximum Gasteiger partial charge on any atom is 0.390 e. The normalized spacial score (nSPS) is 25.6. The minimum Gasteiger partial charge on any atom is -0.305 e. The number of likely N-dealkylation sites (tertiary alicyclic amines) is 1. The van der Waals surface area contributed by atoms with E-state index in [1.807, 2.05) is 0 Å². The summed E-state index contributed by atoms with van der Waals surface area (Å²) in [6, 6.07) is -0.829. The summed E-state index contributed by atoms with van der Waals surface area (Å²) in [5.41, 5.74) is 0. The van der Waals surface area contributed by atoms with Gasteiger partial charge in [0, 0.05) is 12.6 Å². The summed E-state index contributed by atoms with van der Waals surface area (Å²) >= 11 is 0. The lowest BCUT2D eigenvalue weighted by Crippen LogP contribution is -2.43. The number of amides is 2. The van der Waals surface area contributed by atoms with Crippen LogP contribution in [0.1, 0.15) is 38.5 Å². The molecule has 0 radical (unpaired) electrons. The molecule has 1 aliphatic carbocycles. The Labute approximate surface area is 109 Å². The molecule has 2 rings (SSSR count). The summed E-state index contributed by atoms with van der Waals surface area (Å²) in [4.78, 5) is 25.1. The number of alkyl halides is 3. The van der Waals surface area contributed by atoms with Crippen LogP contribution in [0.25, 0.3) is 0 Å². The van der Waals surface area contributed by atoms with Crippen LogP contribution in [0.3, 0.4) is 0 Å². The predicted molar refractivity (Wildman–Crippen MR) is 61.2 cm³/mol. The number of carbonyl (C=O) groups is 2. The Kier molecular flexibility index (Phi) is 4.13. The maximum atomic E-state index is 12.0. The second-order valence-electron chi connectivity index (χ2n) is 5.12.